The fourth-order valence-corrected chi connectivity index (χ4v) is 3.35. The number of benzene rings is 2. The van der Waals surface area contributed by atoms with E-state index in [0.29, 0.717) is 31.2 Å². The summed E-state index contributed by atoms with van der Waals surface area (Å²) in [7, 11) is 0. The highest BCUT2D eigenvalue weighted by atomic mass is 19.4. The predicted octanol–water partition coefficient (Wildman–Crippen LogP) is 4.68. The van der Waals surface area contributed by atoms with Crippen LogP contribution >= 0.6 is 0 Å². The molecule has 1 aromatic heterocycles. The summed E-state index contributed by atoms with van der Waals surface area (Å²) in [6.07, 6.45) is -2.59. The van der Waals surface area contributed by atoms with Crippen LogP contribution in [0.1, 0.15) is 11.5 Å². The Bertz CT molecular complexity index is 916. The number of piperazine rings is 1. The molecule has 1 aliphatic rings. The molecule has 0 atom stereocenters. The lowest BCUT2D eigenvalue weighted by atomic mass is 10.1. The summed E-state index contributed by atoms with van der Waals surface area (Å²) in [6, 6.07) is 15.3. The molecule has 1 aliphatic heterocycles. The molecule has 2 heterocycles. The van der Waals surface area contributed by atoms with Gasteiger partial charge in [0.05, 0.1) is 18.3 Å². The first-order chi connectivity index (χ1) is 13.5. The van der Waals surface area contributed by atoms with Gasteiger partial charge in [0.2, 0.25) is 5.89 Å². The minimum Gasteiger partial charge on any atom is -0.439 e. The number of rotatable bonds is 4. The minimum absolute atomic E-state index is 0.587. The highest BCUT2D eigenvalue weighted by Crippen LogP contribution is 2.32. The summed E-state index contributed by atoms with van der Waals surface area (Å²) in [5.41, 5.74) is 0.980. The van der Waals surface area contributed by atoms with Crippen LogP contribution in [-0.4, -0.2) is 36.1 Å². The van der Waals surface area contributed by atoms with Crippen molar-refractivity contribution in [2.24, 2.45) is 0 Å². The highest BCUT2D eigenvalue weighted by molar-refractivity contribution is 5.55. The lowest BCUT2D eigenvalue weighted by molar-refractivity contribution is -0.137. The number of alkyl halides is 3. The number of nitrogens with zero attached hydrogens (tertiary/aromatic N) is 3. The number of hydrogen-bond donors (Lipinski definition) is 0. The molecule has 0 amide bonds. The topological polar surface area (TPSA) is 32.5 Å². The molecule has 0 unspecified atom stereocenters. The Kier molecular flexibility index (Phi) is 5.09. The van der Waals surface area contributed by atoms with Gasteiger partial charge in [-0.05, 0) is 18.2 Å². The number of hydrogen-bond acceptors (Lipinski definition) is 4. The SMILES string of the molecule is FC(F)(F)c1cccc(N2CCN(Cc3ncc(-c4ccccc4)o3)CC2)c1. The van der Waals surface area contributed by atoms with E-state index in [2.05, 4.69) is 9.88 Å². The molecule has 0 N–H and O–H groups in total. The monoisotopic (exact) mass is 387 g/mol. The van der Waals surface area contributed by atoms with Gasteiger partial charge in [0.1, 0.15) is 0 Å². The number of oxazole rings is 1. The molecule has 4 rings (SSSR count). The van der Waals surface area contributed by atoms with Crippen LogP contribution in [0.3, 0.4) is 0 Å². The quantitative estimate of drug-likeness (QED) is 0.651. The second kappa shape index (κ2) is 7.67. The van der Waals surface area contributed by atoms with E-state index < -0.39 is 11.7 Å². The van der Waals surface area contributed by atoms with Gasteiger partial charge in [-0.2, -0.15) is 13.2 Å². The van der Waals surface area contributed by atoms with Crippen LogP contribution < -0.4 is 4.90 Å². The van der Waals surface area contributed by atoms with Crippen LogP contribution in [0.5, 0.6) is 0 Å². The summed E-state index contributed by atoms with van der Waals surface area (Å²) in [5, 5.41) is 0. The third kappa shape index (κ3) is 4.20. The van der Waals surface area contributed by atoms with Crippen LogP contribution in [0.2, 0.25) is 0 Å². The van der Waals surface area contributed by atoms with Crippen LogP contribution in [0.15, 0.2) is 65.2 Å². The van der Waals surface area contributed by atoms with Gasteiger partial charge in [0, 0.05) is 37.4 Å². The van der Waals surface area contributed by atoms with Crippen molar-refractivity contribution in [2.45, 2.75) is 12.7 Å². The van der Waals surface area contributed by atoms with Gasteiger partial charge >= 0.3 is 6.18 Å². The molecule has 1 saturated heterocycles. The number of anilines is 1. The summed E-state index contributed by atoms with van der Waals surface area (Å²) < 4.78 is 44.6. The van der Waals surface area contributed by atoms with E-state index in [-0.39, 0.29) is 0 Å². The highest BCUT2D eigenvalue weighted by Gasteiger charge is 2.31. The third-order valence-electron chi connectivity index (χ3n) is 4.88. The van der Waals surface area contributed by atoms with Crippen LogP contribution in [0.4, 0.5) is 18.9 Å². The van der Waals surface area contributed by atoms with Crippen molar-refractivity contribution >= 4 is 5.69 Å². The molecule has 4 nitrogen and oxygen atoms in total. The molecule has 28 heavy (non-hydrogen) atoms. The Hall–Kier alpha value is -2.80. The lowest BCUT2D eigenvalue weighted by Crippen LogP contribution is -2.46. The summed E-state index contributed by atoms with van der Waals surface area (Å²) in [4.78, 5) is 8.54. The van der Waals surface area contributed by atoms with Gasteiger partial charge in [-0.1, -0.05) is 36.4 Å². The van der Waals surface area contributed by atoms with E-state index in [1.165, 1.54) is 12.1 Å². The van der Waals surface area contributed by atoms with Crippen LogP contribution in [0.25, 0.3) is 11.3 Å². The van der Waals surface area contributed by atoms with Gasteiger partial charge in [-0.25, -0.2) is 4.98 Å². The van der Waals surface area contributed by atoms with Gasteiger partial charge in [-0.3, -0.25) is 4.90 Å². The second-order valence-electron chi connectivity index (χ2n) is 6.80. The van der Waals surface area contributed by atoms with Crippen molar-refractivity contribution in [2.75, 3.05) is 31.1 Å². The van der Waals surface area contributed by atoms with Gasteiger partial charge in [0.15, 0.2) is 5.76 Å². The average Bonchev–Trinajstić information content (AvgIpc) is 3.17. The number of halogens is 3. The molecule has 146 valence electrons. The average molecular weight is 387 g/mol. The fraction of sp³-hybridized carbons (Fsp3) is 0.286. The van der Waals surface area contributed by atoms with Gasteiger partial charge in [0.25, 0.3) is 0 Å². The Morgan fingerprint density at radius 3 is 2.39 bits per heavy atom. The first-order valence-electron chi connectivity index (χ1n) is 9.14. The van der Waals surface area contributed by atoms with Crippen molar-refractivity contribution in [3.63, 3.8) is 0 Å². The number of aromatic nitrogens is 1. The first kappa shape index (κ1) is 18.6. The maximum Gasteiger partial charge on any atom is 0.416 e. The van der Waals surface area contributed by atoms with Gasteiger partial charge in [-0.15, -0.1) is 0 Å². The Balaban J connectivity index is 1.36. The zero-order chi connectivity index (χ0) is 19.6. The van der Waals surface area contributed by atoms with E-state index in [0.717, 1.165) is 30.5 Å². The van der Waals surface area contributed by atoms with E-state index in [1.807, 2.05) is 35.2 Å². The van der Waals surface area contributed by atoms with E-state index in [4.69, 9.17) is 4.42 Å². The van der Waals surface area contributed by atoms with Crippen molar-refractivity contribution in [3.8, 4) is 11.3 Å². The smallest absolute Gasteiger partial charge is 0.416 e. The molecular formula is C21H20F3N3O. The van der Waals surface area contributed by atoms with Gasteiger partial charge < -0.3 is 9.32 Å². The summed E-state index contributed by atoms with van der Waals surface area (Å²) >= 11 is 0. The predicted molar refractivity (Wildman–Crippen MR) is 101 cm³/mol. The largest absolute Gasteiger partial charge is 0.439 e. The minimum atomic E-state index is -4.32. The Morgan fingerprint density at radius 2 is 1.68 bits per heavy atom. The molecule has 7 heteroatoms. The maximum atomic E-state index is 12.9. The second-order valence-corrected chi connectivity index (χ2v) is 6.80. The van der Waals surface area contributed by atoms with E-state index in [1.54, 1.807) is 12.3 Å². The van der Waals surface area contributed by atoms with E-state index >= 15 is 0 Å². The normalized spacial score (nSPS) is 15.8. The maximum absolute atomic E-state index is 12.9. The molecule has 0 radical (unpaired) electrons. The Morgan fingerprint density at radius 1 is 0.929 bits per heavy atom. The van der Waals surface area contributed by atoms with Crippen molar-refractivity contribution < 1.29 is 17.6 Å². The molecule has 3 aromatic rings. The molecule has 0 spiro atoms. The summed E-state index contributed by atoms with van der Waals surface area (Å²) in [5.74, 6) is 1.38. The van der Waals surface area contributed by atoms with Crippen molar-refractivity contribution in [3.05, 3.63) is 72.2 Å². The fourth-order valence-electron chi connectivity index (χ4n) is 3.35. The molecule has 0 bridgehead atoms. The zero-order valence-corrected chi connectivity index (χ0v) is 15.2. The standard InChI is InChI=1S/C21H20F3N3O/c22-21(23,24)17-7-4-8-18(13-17)27-11-9-26(10-12-27)15-20-25-14-19(28-20)16-5-2-1-3-6-16/h1-8,13-14H,9-12,15H2. The molecule has 0 saturated carbocycles. The molecule has 2 aromatic carbocycles. The third-order valence-corrected chi connectivity index (χ3v) is 4.88. The van der Waals surface area contributed by atoms with Crippen LogP contribution in [-0.2, 0) is 12.7 Å². The van der Waals surface area contributed by atoms with Crippen LogP contribution in [0, 0.1) is 0 Å². The Labute approximate surface area is 161 Å². The lowest BCUT2D eigenvalue weighted by Gasteiger charge is -2.35. The van der Waals surface area contributed by atoms with Crippen molar-refractivity contribution in [1.82, 2.24) is 9.88 Å². The zero-order valence-electron chi connectivity index (χ0n) is 15.2. The molecule has 0 aliphatic carbocycles. The molecular weight excluding hydrogens is 367 g/mol. The van der Waals surface area contributed by atoms with E-state index in [9.17, 15) is 13.2 Å². The van der Waals surface area contributed by atoms with Crippen molar-refractivity contribution in [1.29, 1.82) is 0 Å². The molecule has 1 fully saturated rings. The summed E-state index contributed by atoms with van der Waals surface area (Å²) in [6.45, 7) is 3.38. The first-order valence-corrected chi connectivity index (χ1v) is 9.14.